The summed E-state index contributed by atoms with van der Waals surface area (Å²) in [7, 11) is 0. The number of aromatic nitrogens is 3. The van der Waals surface area contributed by atoms with Crippen molar-refractivity contribution in [1.82, 2.24) is 29.9 Å². The van der Waals surface area contributed by atoms with Crippen LogP contribution < -0.4 is 5.32 Å². The number of rotatable bonds is 6. The number of nitrogens with one attached hydrogen (secondary N) is 1. The van der Waals surface area contributed by atoms with Crippen molar-refractivity contribution in [2.45, 2.75) is 83.7 Å². The van der Waals surface area contributed by atoms with E-state index in [1.807, 2.05) is 0 Å². The minimum atomic E-state index is 0. The van der Waals surface area contributed by atoms with Crippen molar-refractivity contribution >= 4 is 29.9 Å². The number of aliphatic imine (C=N–C) groups is 1. The van der Waals surface area contributed by atoms with E-state index in [0.717, 1.165) is 81.6 Å². The highest BCUT2D eigenvalue weighted by atomic mass is 127. The van der Waals surface area contributed by atoms with Crippen LogP contribution in [0.25, 0.3) is 0 Å². The Morgan fingerprint density at radius 2 is 1.91 bits per heavy atom. The number of halogens is 1. The van der Waals surface area contributed by atoms with Gasteiger partial charge in [0.05, 0.1) is 0 Å². The van der Waals surface area contributed by atoms with E-state index in [0.29, 0.717) is 0 Å². The zero-order valence-electron chi connectivity index (χ0n) is 19.8. The van der Waals surface area contributed by atoms with Crippen LogP contribution in [-0.2, 0) is 19.4 Å². The largest absolute Gasteiger partial charge is 0.357 e. The summed E-state index contributed by atoms with van der Waals surface area (Å²) in [6.45, 7) is 9.67. The molecule has 180 valence electrons. The number of aryl methyl sites for hydroxylation is 2. The Balaban J connectivity index is 0.00000245. The second-order valence-electron chi connectivity index (χ2n) is 10.1. The smallest absolute Gasteiger partial charge is 0.194 e. The molecule has 3 heterocycles. The van der Waals surface area contributed by atoms with Gasteiger partial charge in [-0.2, -0.15) is 0 Å². The van der Waals surface area contributed by atoms with Gasteiger partial charge < -0.3 is 14.8 Å². The van der Waals surface area contributed by atoms with Gasteiger partial charge >= 0.3 is 0 Å². The van der Waals surface area contributed by atoms with Crippen molar-refractivity contribution in [2.24, 2.45) is 16.8 Å². The van der Waals surface area contributed by atoms with Gasteiger partial charge in [-0.3, -0.25) is 9.89 Å². The molecule has 8 heteroatoms. The normalized spacial score (nSPS) is 28.3. The lowest BCUT2D eigenvalue weighted by molar-refractivity contribution is 0.0958. The summed E-state index contributed by atoms with van der Waals surface area (Å²) in [5, 5.41) is 12.5. The lowest BCUT2D eigenvalue weighted by atomic mass is 9.93. The van der Waals surface area contributed by atoms with Crippen molar-refractivity contribution in [1.29, 1.82) is 0 Å². The highest BCUT2D eigenvalue weighted by Crippen LogP contribution is 2.46. The molecule has 3 unspecified atom stereocenters. The van der Waals surface area contributed by atoms with E-state index in [-0.39, 0.29) is 24.0 Å². The summed E-state index contributed by atoms with van der Waals surface area (Å²) in [6.07, 6.45) is 12.9. The second kappa shape index (κ2) is 11.5. The minimum absolute atomic E-state index is 0. The van der Waals surface area contributed by atoms with Crippen LogP contribution in [0.3, 0.4) is 0 Å². The average Bonchev–Trinajstić information content (AvgIpc) is 3.48. The van der Waals surface area contributed by atoms with Crippen LogP contribution in [0, 0.1) is 11.8 Å². The van der Waals surface area contributed by atoms with Crippen LogP contribution >= 0.6 is 24.0 Å². The fourth-order valence-electron chi connectivity index (χ4n) is 6.50. The molecular weight excluding hydrogens is 513 g/mol. The molecule has 0 radical (unpaired) electrons. The molecule has 4 aliphatic rings. The molecule has 0 aromatic carbocycles. The molecule has 1 saturated heterocycles. The highest BCUT2D eigenvalue weighted by Gasteiger charge is 2.42. The van der Waals surface area contributed by atoms with Gasteiger partial charge in [0.25, 0.3) is 0 Å². The van der Waals surface area contributed by atoms with E-state index in [4.69, 9.17) is 4.99 Å². The predicted molar refractivity (Wildman–Crippen MR) is 140 cm³/mol. The molecule has 2 bridgehead atoms. The fourth-order valence-corrected chi connectivity index (χ4v) is 6.50. The maximum atomic E-state index is 4.98. The first-order valence-corrected chi connectivity index (χ1v) is 13.0. The van der Waals surface area contributed by atoms with Gasteiger partial charge in [0.1, 0.15) is 11.6 Å². The van der Waals surface area contributed by atoms with E-state index in [1.54, 1.807) is 0 Å². The Labute approximate surface area is 210 Å². The predicted octanol–water partition coefficient (Wildman–Crippen LogP) is 3.33. The van der Waals surface area contributed by atoms with Crippen LogP contribution in [0.1, 0.15) is 69.9 Å². The molecule has 1 aromatic heterocycles. The topological polar surface area (TPSA) is 61.6 Å². The van der Waals surface area contributed by atoms with Crippen LogP contribution in [0.5, 0.6) is 0 Å². The van der Waals surface area contributed by atoms with Crippen molar-refractivity contribution < 1.29 is 0 Å². The zero-order valence-corrected chi connectivity index (χ0v) is 22.2. The van der Waals surface area contributed by atoms with E-state index in [9.17, 15) is 0 Å². The van der Waals surface area contributed by atoms with Crippen molar-refractivity contribution in [3.8, 4) is 0 Å². The lowest BCUT2D eigenvalue weighted by Crippen LogP contribution is -2.55. The summed E-state index contributed by atoms with van der Waals surface area (Å²) in [4.78, 5) is 10.3. The van der Waals surface area contributed by atoms with Gasteiger partial charge in [-0.15, -0.1) is 34.2 Å². The summed E-state index contributed by atoms with van der Waals surface area (Å²) < 4.78 is 2.37. The summed E-state index contributed by atoms with van der Waals surface area (Å²) in [5.74, 6) is 5.49. The lowest BCUT2D eigenvalue weighted by Gasteiger charge is -2.42. The van der Waals surface area contributed by atoms with Gasteiger partial charge in [-0.25, -0.2) is 0 Å². The number of hydrogen-bond donors (Lipinski definition) is 1. The maximum Gasteiger partial charge on any atom is 0.194 e. The molecular formula is C24H42IN7. The zero-order chi connectivity index (χ0) is 21.0. The molecule has 2 aliphatic carbocycles. The number of fused-ring (bicyclic) bond motifs is 3. The first-order valence-electron chi connectivity index (χ1n) is 13.0. The molecule has 5 rings (SSSR count). The Morgan fingerprint density at radius 3 is 2.66 bits per heavy atom. The third-order valence-corrected chi connectivity index (χ3v) is 8.12. The van der Waals surface area contributed by atoms with Gasteiger partial charge in [-0.1, -0.05) is 12.8 Å². The molecule has 32 heavy (non-hydrogen) atoms. The second-order valence-corrected chi connectivity index (χ2v) is 10.1. The van der Waals surface area contributed by atoms with Gasteiger partial charge in [0.2, 0.25) is 0 Å². The van der Waals surface area contributed by atoms with E-state index < -0.39 is 0 Å². The fraction of sp³-hybridized carbons (Fsp3) is 0.875. The quantitative estimate of drug-likeness (QED) is 0.253. The SMILES string of the molecule is CCNC(=NCCCc1nnc2n1CCCCC2)N1CCN(C2CC3CCC2C3)CC1.I. The number of guanidine groups is 1. The molecule has 7 nitrogen and oxygen atoms in total. The van der Waals surface area contributed by atoms with Crippen LogP contribution in [0.4, 0.5) is 0 Å². The summed E-state index contributed by atoms with van der Waals surface area (Å²) >= 11 is 0. The molecule has 1 N–H and O–H groups in total. The Bertz CT molecular complexity index is 756. The Kier molecular flexibility index (Phi) is 8.70. The molecule has 1 aromatic rings. The van der Waals surface area contributed by atoms with Crippen molar-refractivity contribution in [2.75, 3.05) is 39.3 Å². The summed E-state index contributed by atoms with van der Waals surface area (Å²) in [5.41, 5.74) is 0. The van der Waals surface area contributed by atoms with Gasteiger partial charge in [-0.05, 0) is 57.3 Å². The first kappa shape index (κ1) is 24.2. The van der Waals surface area contributed by atoms with Crippen LogP contribution in [-0.4, -0.2) is 75.8 Å². The van der Waals surface area contributed by atoms with E-state index in [1.165, 1.54) is 63.9 Å². The maximum absolute atomic E-state index is 4.98. The highest BCUT2D eigenvalue weighted by molar-refractivity contribution is 14.0. The van der Waals surface area contributed by atoms with Crippen molar-refractivity contribution in [3.63, 3.8) is 0 Å². The minimum Gasteiger partial charge on any atom is -0.357 e. The van der Waals surface area contributed by atoms with E-state index in [2.05, 4.69) is 36.8 Å². The van der Waals surface area contributed by atoms with Crippen LogP contribution in [0.15, 0.2) is 4.99 Å². The average molecular weight is 556 g/mol. The molecule has 2 saturated carbocycles. The molecule has 0 spiro atoms. The first-order chi connectivity index (χ1) is 15.3. The third kappa shape index (κ3) is 5.42. The molecule has 3 fully saturated rings. The van der Waals surface area contributed by atoms with E-state index >= 15 is 0 Å². The Morgan fingerprint density at radius 1 is 1.03 bits per heavy atom. The third-order valence-electron chi connectivity index (χ3n) is 8.12. The van der Waals surface area contributed by atoms with Gasteiger partial charge in [0.15, 0.2) is 5.96 Å². The Hall–Kier alpha value is -0.900. The van der Waals surface area contributed by atoms with Gasteiger partial charge in [0, 0.05) is 64.7 Å². The standard InChI is InChI=1S/C24H41N7.HI/c1-2-25-24(26-11-6-8-23-28-27-22-7-4-3-5-12-31(22)23)30-15-13-29(14-16-30)21-18-19-9-10-20(21)17-19;/h19-21H,2-18H2,1H3,(H,25,26);1H. The monoisotopic (exact) mass is 555 g/mol. The van der Waals surface area contributed by atoms with Crippen LogP contribution in [0.2, 0.25) is 0 Å². The van der Waals surface area contributed by atoms with Crippen molar-refractivity contribution in [3.05, 3.63) is 11.6 Å². The molecule has 2 aliphatic heterocycles. The number of piperazine rings is 1. The molecule has 3 atom stereocenters. The number of nitrogens with zero attached hydrogens (tertiary/aromatic N) is 6. The summed E-state index contributed by atoms with van der Waals surface area (Å²) in [6, 6.07) is 0.874. The number of hydrogen-bond acceptors (Lipinski definition) is 4. The molecule has 0 amide bonds.